The lowest BCUT2D eigenvalue weighted by Gasteiger charge is -2.29. The van der Waals surface area contributed by atoms with Crippen molar-refractivity contribution in [1.29, 1.82) is 0 Å². The zero-order valence-corrected chi connectivity index (χ0v) is 10.9. The molecule has 4 heteroatoms. The maximum atomic E-state index is 13.8. The molecular weight excluding hydrogens is 233 g/mol. The first-order valence-electron chi connectivity index (χ1n) is 5.93. The summed E-state index contributed by atoms with van der Waals surface area (Å²) >= 11 is 0. The van der Waals surface area contributed by atoms with Gasteiger partial charge in [0.05, 0.1) is 0 Å². The molecule has 0 aliphatic heterocycles. The summed E-state index contributed by atoms with van der Waals surface area (Å²) < 4.78 is 13.8. The van der Waals surface area contributed by atoms with E-state index in [1.54, 1.807) is 12.1 Å². The molecule has 0 aromatic heterocycles. The van der Waals surface area contributed by atoms with Crippen LogP contribution in [0.4, 0.5) is 10.1 Å². The van der Waals surface area contributed by atoms with Crippen LogP contribution in [0.2, 0.25) is 0 Å². The van der Waals surface area contributed by atoms with Crippen LogP contribution in [0.15, 0.2) is 24.3 Å². The van der Waals surface area contributed by atoms with Gasteiger partial charge in [-0.25, -0.2) is 9.18 Å². The highest BCUT2D eigenvalue weighted by Crippen LogP contribution is 2.26. The smallest absolute Gasteiger partial charge is 0.328 e. The number of rotatable bonds is 5. The van der Waals surface area contributed by atoms with Crippen molar-refractivity contribution in [3.05, 3.63) is 35.7 Å². The molecule has 3 nitrogen and oxygen atoms in total. The molecule has 0 radical (unpaired) electrons. The van der Waals surface area contributed by atoms with Gasteiger partial charge in [0, 0.05) is 29.9 Å². The minimum atomic E-state index is -1.09. The van der Waals surface area contributed by atoms with E-state index in [9.17, 15) is 9.18 Å². The maximum absolute atomic E-state index is 13.8. The molecule has 0 fully saturated rings. The number of aliphatic carboxylic acids is 1. The second kappa shape index (κ2) is 6.19. The summed E-state index contributed by atoms with van der Waals surface area (Å²) in [7, 11) is 0. The molecule has 0 aliphatic rings. The summed E-state index contributed by atoms with van der Waals surface area (Å²) in [6.07, 6.45) is 2.26. The Bertz CT molecular complexity index is 455. The summed E-state index contributed by atoms with van der Waals surface area (Å²) in [4.78, 5) is 12.6. The van der Waals surface area contributed by atoms with E-state index in [-0.39, 0.29) is 6.04 Å². The predicted molar refractivity (Wildman–Crippen MR) is 71.2 cm³/mol. The third-order valence-corrected chi connectivity index (χ3v) is 2.70. The van der Waals surface area contributed by atoms with Gasteiger partial charge in [0.1, 0.15) is 5.82 Å². The Morgan fingerprint density at radius 1 is 1.50 bits per heavy atom. The lowest BCUT2D eigenvalue weighted by atomic mass is 10.1. The van der Waals surface area contributed by atoms with Gasteiger partial charge in [-0.1, -0.05) is 6.07 Å². The Hall–Kier alpha value is -1.84. The second-order valence-corrected chi connectivity index (χ2v) is 4.22. The number of carbonyl (C=O) groups is 1. The van der Waals surface area contributed by atoms with E-state index in [2.05, 4.69) is 0 Å². The van der Waals surface area contributed by atoms with Crippen molar-refractivity contribution in [2.45, 2.75) is 26.8 Å². The number of hydrogen-bond acceptors (Lipinski definition) is 2. The first-order valence-corrected chi connectivity index (χ1v) is 5.93. The Kier molecular flexibility index (Phi) is 4.89. The van der Waals surface area contributed by atoms with E-state index >= 15 is 0 Å². The van der Waals surface area contributed by atoms with Crippen LogP contribution >= 0.6 is 0 Å². The summed E-state index contributed by atoms with van der Waals surface area (Å²) in [5.41, 5.74) is 1.03. The molecular formula is C14H18FNO2. The van der Waals surface area contributed by atoms with Gasteiger partial charge in [0.15, 0.2) is 0 Å². The van der Waals surface area contributed by atoms with E-state index < -0.39 is 11.8 Å². The van der Waals surface area contributed by atoms with E-state index in [1.165, 1.54) is 12.1 Å². The van der Waals surface area contributed by atoms with Crippen molar-refractivity contribution >= 4 is 17.7 Å². The predicted octanol–water partition coefficient (Wildman–Crippen LogP) is 3.16. The molecule has 1 aromatic rings. The van der Waals surface area contributed by atoms with Crippen LogP contribution in [0.5, 0.6) is 0 Å². The highest BCUT2D eigenvalue weighted by Gasteiger charge is 2.14. The van der Waals surface area contributed by atoms with Crippen molar-refractivity contribution in [3.63, 3.8) is 0 Å². The number of halogens is 1. The number of hydrogen-bond donors (Lipinski definition) is 1. The molecule has 98 valence electrons. The largest absolute Gasteiger partial charge is 0.478 e. The van der Waals surface area contributed by atoms with Gasteiger partial charge < -0.3 is 10.0 Å². The van der Waals surface area contributed by atoms with Gasteiger partial charge in [-0.15, -0.1) is 0 Å². The molecule has 0 amide bonds. The summed E-state index contributed by atoms with van der Waals surface area (Å²) in [6.45, 7) is 6.74. The molecule has 0 heterocycles. The normalized spacial score (nSPS) is 11.2. The molecule has 1 rings (SSSR count). The molecule has 1 aromatic carbocycles. The fourth-order valence-corrected chi connectivity index (χ4v) is 1.91. The Labute approximate surface area is 107 Å². The molecule has 0 bridgehead atoms. The Balaban J connectivity index is 3.26. The van der Waals surface area contributed by atoms with E-state index in [1.807, 2.05) is 25.7 Å². The van der Waals surface area contributed by atoms with E-state index in [4.69, 9.17) is 5.11 Å². The topological polar surface area (TPSA) is 40.5 Å². The zero-order valence-electron chi connectivity index (χ0n) is 10.9. The monoisotopic (exact) mass is 251 g/mol. The van der Waals surface area contributed by atoms with Crippen molar-refractivity contribution in [2.75, 3.05) is 11.4 Å². The van der Waals surface area contributed by atoms with Crippen LogP contribution in [0.3, 0.4) is 0 Å². The number of benzene rings is 1. The third-order valence-electron chi connectivity index (χ3n) is 2.70. The van der Waals surface area contributed by atoms with Gasteiger partial charge in [-0.3, -0.25) is 0 Å². The third kappa shape index (κ3) is 3.32. The zero-order chi connectivity index (χ0) is 13.7. The number of carboxylic acids is 1. The standard InChI is InChI=1S/C14H18FNO2/c1-4-16(10(2)3)13-7-5-6-12(15)11(13)8-9-14(17)18/h5-10H,4H2,1-3H3,(H,17,18)/b9-8+. The van der Waals surface area contributed by atoms with E-state index in [0.29, 0.717) is 11.3 Å². The number of carboxylic acid groups (broad SMARTS) is 1. The first-order chi connectivity index (χ1) is 8.47. The number of anilines is 1. The van der Waals surface area contributed by atoms with Gasteiger partial charge in [0.2, 0.25) is 0 Å². The van der Waals surface area contributed by atoms with Crippen LogP contribution < -0.4 is 4.90 Å². The molecule has 18 heavy (non-hydrogen) atoms. The van der Waals surface area contributed by atoms with Gasteiger partial charge in [-0.2, -0.15) is 0 Å². The fourth-order valence-electron chi connectivity index (χ4n) is 1.91. The highest BCUT2D eigenvalue weighted by atomic mass is 19.1. The van der Waals surface area contributed by atoms with Crippen molar-refractivity contribution < 1.29 is 14.3 Å². The summed E-state index contributed by atoms with van der Waals surface area (Å²) in [6, 6.07) is 4.98. The average molecular weight is 251 g/mol. The van der Waals surface area contributed by atoms with Crippen LogP contribution in [0, 0.1) is 5.82 Å². The van der Waals surface area contributed by atoms with Gasteiger partial charge in [-0.05, 0) is 39.0 Å². The Morgan fingerprint density at radius 3 is 2.67 bits per heavy atom. The molecule has 0 unspecified atom stereocenters. The minimum Gasteiger partial charge on any atom is -0.478 e. The molecule has 0 spiro atoms. The average Bonchev–Trinajstić information content (AvgIpc) is 2.28. The minimum absolute atomic E-state index is 0.216. The Morgan fingerprint density at radius 2 is 2.17 bits per heavy atom. The maximum Gasteiger partial charge on any atom is 0.328 e. The van der Waals surface area contributed by atoms with Crippen LogP contribution in [-0.2, 0) is 4.79 Å². The first kappa shape index (κ1) is 14.2. The fraction of sp³-hybridized carbons (Fsp3) is 0.357. The molecule has 1 N–H and O–H groups in total. The van der Waals surface area contributed by atoms with E-state index in [0.717, 1.165) is 12.6 Å². The van der Waals surface area contributed by atoms with Crippen molar-refractivity contribution in [2.24, 2.45) is 0 Å². The molecule has 0 saturated heterocycles. The van der Waals surface area contributed by atoms with Crippen molar-refractivity contribution in [3.8, 4) is 0 Å². The van der Waals surface area contributed by atoms with Crippen molar-refractivity contribution in [1.82, 2.24) is 0 Å². The van der Waals surface area contributed by atoms with Gasteiger partial charge >= 0.3 is 5.97 Å². The lowest BCUT2D eigenvalue weighted by molar-refractivity contribution is -0.131. The second-order valence-electron chi connectivity index (χ2n) is 4.22. The molecule has 0 atom stereocenters. The van der Waals surface area contributed by atoms with Gasteiger partial charge in [0.25, 0.3) is 0 Å². The SMILES string of the molecule is CCN(c1cccc(F)c1/C=C/C(=O)O)C(C)C. The van der Waals surface area contributed by atoms with Crippen LogP contribution in [-0.4, -0.2) is 23.7 Å². The van der Waals surface area contributed by atoms with Crippen LogP contribution in [0.1, 0.15) is 26.3 Å². The molecule has 0 saturated carbocycles. The quantitative estimate of drug-likeness (QED) is 0.817. The highest BCUT2D eigenvalue weighted by molar-refractivity contribution is 5.87. The summed E-state index contributed by atoms with van der Waals surface area (Å²) in [5, 5.41) is 8.64. The summed E-state index contributed by atoms with van der Waals surface area (Å²) in [5.74, 6) is -1.50. The number of nitrogens with zero attached hydrogens (tertiary/aromatic N) is 1. The molecule has 0 aliphatic carbocycles. The lowest BCUT2D eigenvalue weighted by Crippen LogP contribution is -2.31. The van der Waals surface area contributed by atoms with Crippen LogP contribution in [0.25, 0.3) is 6.08 Å².